The highest BCUT2D eigenvalue weighted by atomic mass is 32.2. The van der Waals surface area contributed by atoms with Gasteiger partial charge in [0.2, 0.25) is 10.0 Å². The molecule has 0 bridgehead atoms. The Hall–Kier alpha value is -1.55. The second-order valence-electron chi connectivity index (χ2n) is 5.85. The number of nitrogens with zero attached hydrogens (tertiary/aromatic N) is 2. The molecule has 2 rings (SSSR count). The second-order valence-corrected chi connectivity index (χ2v) is 7.59. The average Bonchev–Trinajstić information content (AvgIpc) is 2.59. The van der Waals surface area contributed by atoms with E-state index in [0.29, 0.717) is 13.2 Å². The molecule has 134 valence electrons. The Balaban J connectivity index is 1.91. The topological polar surface area (TPSA) is 102 Å². The fourth-order valence-electron chi connectivity index (χ4n) is 2.78. The summed E-state index contributed by atoms with van der Waals surface area (Å²) in [5.41, 5.74) is -0.403. The molecule has 0 atom stereocenters. The van der Waals surface area contributed by atoms with Gasteiger partial charge in [-0.2, -0.15) is 0 Å². The van der Waals surface area contributed by atoms with Crippen molar-refractivity contribution in [2.45, 2.75) is 17.7 Å². The molecule has 0 aliphatic carbocycles. The molecule has 8 nitrogen and oxygen atoms in total. The monoisotopic (exact) mass is 357 g/mol. The number of sulfonamides is 1. The summed E-state index contributed by atoms with van der Waals surface area (Å²) in [6, 6.07) is 5.39. The fraction of sp³-hybridized carbons (Fsp3) is 0.600. The Morgan fingerprint density at radius 2 is 2.00 bits per heavy atom. The third-order valence-corrected chi connectivity index (χ3v) is 5.70. The van der Waals surface area contributed by atoms with Crippen LogP contribution in [0, 0.1) is 16.0 Å². The standard InChI is InChI=1S/C15H23N3O5S/c1-23-11-10-17-8-6-13(7-9-17)12-16-24(21,22)15-5-3-2-4-14(15)18(19)20/h2-5,13,16H,6-12H2,1H3. The Morgan fingerprint density at radius 1 is 1.33 bits per heavy atom. The molecule has 0 radical (unpaired) electrons. The van der Waals surface area contributed by atoms with Crippen molar-refractivity contribution in [2.24, 2.45) is 5.92 Å². The maximum atomic E-state index is 12.4. The molecule has 0 saturated carbocycles. The number of nitro groups is 1. The highest BCUT2D eigenvalue weighted by Crippen LogP contribution is 2.23. The lowest BCUT2D eigenvalue weighted by atomic mass is 9.97. The molecular formula is C15H23N3O5S. The van der Waals surface area contributed by atoms with E-state index in [4.69, 9.17) is 4.74 Å². The average molecular weight is 357 g/mol. The van der Waals surface area contributed by atoms with Crippen LogP contribution in [-0.4, -0.2) is 58.1 Å². The maximum Gasteiger partial charge on any atom is 0.289 e. The van der Waals surface area contributed by atoms with Gasteiger partial charge in [0.15, 0.2) is 4.90 Å². The molecule has 0 unspecified atom stereocenters. The maximum absolute atomic E-state index is 12.4. The van der Waals surface area contributed by atoms with Gasteiger partial charge in [0.1, 0.15) is 0 Å². The van der Waals surface area contributed by atoms with Crippen LogP contribution in [0.25, 0.3) is 0 Å². The lowest BCUT2D eigenvalue weighted by Crippen LogP contribution is -2.39. The molecule has 1 saturated heterocycles. The van der Waals surface area contributed by atoms with E-state index in [1.54, 1.807) is 7.11 Å². The zero-order valence-electron chi connectivity index (χ0n) is 13.7. The van der Waals surface area contributed by atoms with E-state index in [1.807, 2.05) is 0 Å². The number of hydrogen-bond acceptors (Lipinski definition) is 6. The van der Waals surface area contributed by atoms with Gasteiger partial charge in [-0.1, -0.05) is 12.1 Å². The van der Waals surface area contributed by atoms with E-state index in [9.17, 15) is 18.5 Å². The van der Waals surface area contributed by atoms with Gasteiger partial charge in [-0.3, -0.25) is 10.1 Å². The van der Waals surface area contributed by atoms with Crippen LogP contribution < -0.4 is 4.72 Å². The van der Waals surface area contributed by atoms with Gasteiger partial charge >= 0.3 is 0 Å². The first-order chi connectivity index (χ1) is 11.4. The van der Waals surface area contributed by atoms with Crippen LogP contribution in [0.3, 0.4) is 0 Å². The number of hydrogen-bond donors (Lipinski definition) is 1. The summed E-state index contributed by atoms with van der Waals surface area (Å²) in [4.78, 5) is 12.3. The van der Waals surface area contributed by atoms with E-state index in [2.05, 4.69) is 9.62 Å². The first kappa shape index (κ1) is 18.8. The number of benzene rings is 1. The lowest BCUT2D eigenvalue weighted by Gasteiger charge is -2.31. The molecule has 1 aliphatic heterocycles. The number of ether oxygens (including phenoxy) is 1. The molecule has 1 aromatic rings. The SMILES string of the molecule is COCCN1CCC(CNS(=O)(=O)c2ccccc2[N+](=O)[O-])CC1. The van der Waals surface area contributed by atoms with Crippen molar-refractivity contribution < 1.29 is 18.1 Å². The summed E-state index contributed by atoms with van der Waals surface area (Å²) in [6.07, 6.45) is 1.78. The number of nitro benzene ring substituents is 1. The molecule has 1 heterocycles. The highest BCUT2D eigenvalue weighted by molar-refractivity contribution is 7.89. The minimum absolute atomic E-state index is 0.237. The van der Waals surface area contributed by atoms with E-state index in [1.165, 1.54) is 24.3 Å². The summed E-state index contributed by atoms with van der Waals surface area (Å²) in [6.45, 7) is 3.68. The molecular weight excluding hydrogens is 334 g/mol. The Morgan fingerprint density at radius 3 is 2.62 bits per heavy atom. The van der Waals surface area contributed by atoms with Crippen molar-refractivity contribution >= 4 is 15.7 Å². The molecule has 0 aromatic heterocycles. The van der Waals surface area contributed by atoms with Crippen LogP contribution in [0.2, 0.25) is 0 Å². The molecule has 1 aromatic carbocycles. The summed E-state index contributed by atoms with van der Waals surface area (Å²) >= 11 is 0. The zero-order chi connectivity index (χ0) is 17.6. The molecule has 1 aliphatic rings. The third kappa shape index (κ3) is 4.97. The minimum atomic E-state index is -3.89. The number of methoxy groups -OCH3 is 1. The quantitative estimate of drug-likeness (QED) is 0.555. The normalized spacial score (nSPS) is 17.0. The fourth-order valence-corrected chi connectivity index (χ4v) is 4.06. The largest absolute Gasteiger partial charge is 0.383 e. The highest BCUT2D eigenvalue weighted by Gasteiger charge is 2.26. The molecule has 0 spiro atoms. The van der Waals surface area contributed by atoms with Crippen LogP contribution in [-0.2, 0) is 14.8 Å². The van der Waals surface area contributed by atoms with E-state index < -0.39 is 20.6 Å². The molecule has 9 heteroatoms. The second kappa shape index (κ2) is 8.52. The molecule has 1 fully saturated rings. The first-order valence-electron chi connectivity index (χ1n) is 7.88. The van der Waals surface area contributed by atoms with Crippen LogP contribution in [0.5, 0.6) is 0 Å². The zero-order valence-corrected chi connectivity index (χ0v) is 14.5. The Kier molecular flexibility index (Phi) is 6.67. The van der Waals surface area contributed by atoms with Gasteiger partial charge in [0.25, 0.3) is 5.69 Å². The number of para-hydroxylation sites is 1. The van der Waals surface area contributed by atoms with Gasteiger partial charge in [0.05, 0.1) is 11.5 Å². The van der Waals surface area contributed by atoms with Crippen molar-refractivity contribution in [3.05, 3.63) is 34.4 Å². The Labute approximate surface area is 142 Å². The van der Waals surface area contributed by atoms with E-state index in [0.717, 1.165) is 32.5 Å². The van der Waals surface area contributed by atoms with Crippen LogP contribution in [0.4, 0.5) is 5.69 Å². The predicted octanol–water partition coefficient (Wildman–Crippen LogP) is 1.23. The van der Waals surface area contributed by atoms with Crippen LogP contribution in [0.15, 0.2) is 29.2 Å². The van der Waals surface area contributed by atoms with Gasteiger partial charge in [0, 0.05) is 26.3 Å². The van der Waals surface area contributed by atoms with Crippen LogP contribution in [0.1, 0.15) is 12.8 Å². The number of likely N-dealkylation sites (tertiary alicyclic amines) is 1. The summed E-state index contributed by atoms with van der Waals surface area (Å²) in [5.74, 6) is 0.237. The minimum Gasteiger partial charge on any atom is -0.383 e. The van der Waals surface area contributed by atoms with Gasteiger partial charge in [-0.15, -0.1) is 0 Å². The van der Waals surface area contributed by atoms with Crippen molar-refractivity contribution in [3.8, 4) is 0 Å². The number of piperidine rings is 1. The van der Waals surface area contributed by atoms with Gasteiger partial charge in [-0.25, -0.2) is 13.1 Å². The van der Waals surface area contributed by atoms with E-state index in [-0.39, 0.29) is 10.8 Å². The molecule has 24 heavy (non-hydrogen) atoms. The third-order valence-electron chi connectivity index (χ3n) is 4.23. The summed E-state index contributed by atoms with van der Waals surface area (Å²) < 4.78 is 32.3. The first-order valence-corrected chi connectivity index (χ1v) is 9.36. The van der Waals surface area contributed by atoms with Crippen molar-refractivity contribution in [1.29, 1.82) is 0 Å². The van der Waals surface area contributed by atoms with Crippen molar-refractivity contribution in [1.82, 2.24) is 9.62 Å². The smallest absolute Gasteiger partial charge is 0.289 e. The summed E-state index contributed by atoms with van der Waals surface area (Å²) in [7, 11) is -2.22. The number of rotatable bonds is 8. The van der Waals surface area contributed by atoms with Crippen molar-refractivity contribution in [2.75, 3.05) is 39.9 Å². The van der Waals surface area contributed by atoms with Gasteiger partial charge in [-0.05, 0) is 37.9 Å². The molecule has 1 N–H and O–H groups in total. The summed E-state index contributed by atoms with van der Waals surface area (Å²) in [5, 5.41) is 11.0. The number of nitrogens with one attached hydrogen (secondary N) is 1. The van der Waals surface area contributed by atoms with Crippen LogP contribution >= 0.6 is 0 Å². The van der Waals surface area contributed by atoms with Gasteiger partial charge < -0.3 is 9.64 Å². The molecule has 0 amide bonds. The predicted molar refractivity (Wildman–Crippen MR) is 89.3 cm³/mol. The van der Waals surface area contributed by atoms with Crippen molar-refractivity contribution in [3.63, 3.8) is 0 Å². The Bertz CT molecular complexity index is 657. The van der Waals surface area contributed by atoms with E-state index >= 15 is 0 Å². The lowest BCUT2D eigenvalue weighted by molar-refractivity contribution is -0.387.